The van der Waals surface area contributed by atoms with E-state index in [4.69, 9.17) is 0 Å². The fourth-order valence-electron chi connectivity index (χ4n) is 2.72. The van der Waals surface area contributed by atoms with Gasteiger partial charge >= 0.3 is 0 Å². The standard InChI is InChI=1S/C17H19N3O2/c21-11-12-5-4-6-13(9-12)15-10-18-20-16(15)17(22)19-14-7-2-1-3-8-14/h1-9,15-16,18,20-21H,10-11H2,(H,19,22). The third-order valence-electron chi connectivity index (χ3n) is 3.87. The first-order chi connectivity index (χ1) is 10.8. The van der Waals surface area contributed by atoms with Crippen molar-refractivity contribution in [2.24, 2.45) is 0 Å². The molecule has 4 N–H and O–H groups in total. The summed E-state index contributed by atoms with van der Waals surface area (Å²) in [4.78, 5) is 12.5. The summed E-state index contributed by atoms with van der Waals surface area (Å²) >= 11 is 0. The molecule has 0 spiro atoms. The number of anilines is 1. The number of aliphatic hydroxyl groups is 1. The van der Waals surface area contributed by atoms with Crippen LogP contribution in [0.3, 0.4) is 0 Å². The zero-order valence-corrected chi connectivity index (χ0v) is 12.1. The van der Waals surface area contributed by atoms with Gasteiger partial charge in [-0.3, -0.25) is 10.2 Å². The van der Waals surface area contributed by atoms with Crippen LogP contribution in [0.25, 0.3) is 0 Å². The third kappa shape index (κ3) is 3.17. The molecule has 1 saturated heterocycles. The Balaban J connectivity index is 1.76. The van der Waals surface area contributed by atoms with Crippen molar-refractivity contribution in [3.8, 4) is 0 Å². The molecule has 3 rings (SSSR count). The maximum atomic E-state index is 12.5. The van der Waals surface area contributed by atoms with Crippen LogP contribution >= 0.6 is 0 Å². The maximum absolute atomic E-state index is 12.5. The van der Waals surface area contributed by atoms with Gasteiger partial charge in [-0.25, -0.2) is 5.43 Å². The second kappa shape index (κ2) is 6.70. The van der Waals surface area contributed by atoms with Gasteiger partial charge in [0.25, 0.3) is 0 Å². The van der Waals surface area contributed by atoms with Crippen molar-refractivity contribution < 1.29 is 9.90 Å². The molecule has 0 bridgehead atoms. The van der Waals surface area contributed by atoms with Crippen LogP contribution in [-0.2, 0) is 11.4 Å². The van der Waals surface area contributed by atoms with Gasteiger partial charge in [0.05, 0.1) is 6.61 Å². The number of hydrogen-bond donors (Lipinski definition) is 4. The molecule has 2 unspecified atom stereocenters. The SMILES string of the molecule is O=C(Nc1ccccc1)C1NNCC1c1cccc(CO)c1. The van der Waals surface area contributed by atoms with E-state index in [1.807, 2.05) is 54.6 Å². The summed E-state index contributed by atoms with van der Waals surface area (Å²) in [5.74, 6) is -0.0502. The van der Waals surface area contributed by atoms with Crippen molar-refractivity contribution in [2.75, 3.05) is 11.9 Å². The Morgan fingerprint density at radius 1 is 1.18 bits per heavy atom. The average Bonchev–Trinajstić information content (AvgIpc) is 3.05. The number of carbonyl (C=O) groups is 1. The van der Waals surface area contributed by atoms with E-state index in [0.29, 0.717) is 6.54 Å². The first-order valence-corrected chi connectivity index (χ1v) is 7.32. The smallest absolute Gasteiger partial charge is 0.243 e. The minimum Gasteiger partial charge on any atom is -0.392 e. The fourth-order valence-corrected chi connectivity index (χ4v) is 2.72. The lowest BCUT2D eigenvalue weighted by Gasteiger charge is -2.19. The van der Waals surface area contributed by atoms with Crippen LogP contribution in [-0.4, -0.2) is 23.6 Å². The predicted molar refractivity (Wildman–Crippen MR) is 85.1 cm³/mol. The second-order valence-electron chi connectivity index (χ2n) is 5.37. The summed E-state index contributed by atoms with van der Waals surface area (Å²) in [7, 11) is 0. The summed E-state index contributed by atoms with van der Waals surface area (Å²) in [5.41, 5.74) is 8.76. The number of rotatable bonds is 4. The molecule has 1 heterocycles. The van der Waals surface area contributed by atoms with Gasteiger partial charge in [0.15, 0.2) is 0 Å². The number of para-hydroxylation sites is 1. The molecule has 1 amide bonds. The normalized spacial score (nSPS) is 20.8. The molecule has 1 aliphatic rings. The molecule has 2 aromatic rings. The molecular weight excluding hydrogens is 278 g/mol. The van der Waals surface area contributed by atoms with E-state index in [1.165, 1.54) is 0 Å². The predicted octanol–water partition coefficient (Wildman–Crippen LogP) is 1.38. The van der Waals surface area contributed by atoms with Crippen molar-refractivity contribution in [1.29, 1.82) is 0 Å². The summed E-state index contributed by atoms with van der Waals surface area (Å²) in [6.45, 7) is 0.671. The van der Waals surface area contributed by atoms with Crippen molar-refractivity contribution in [1.82, 2.24) is 10.9 Å². The number of hydrogen-bond acceptors (Lipinski definition) is 4. The van der Waals surface area contributed by atoms with Crippen molar-refractivity contribution >= 4 is 11.6 Å². The molecule has 114 valence electrons. The molecule has 0 saturated carbocycles. The van der Waals surface area contributed by atoms with Gasteiger partial charge in [0.2, 0.25) is 5.91 Å². The molecule has 1 aliphatic heterocycles. The highest BCUT2D eigenvalue weighted by atomic mass is 16.3. The third-order valence-corrected chi connectivity index (χ3v) is 3.87. The molecule has 0 aromatic heterocycles. The lowest BCUT2D eigenvalue weighted by molar-refractivity contribution is -0.118. The zero-order chi connectivity index (χ0) is 15.4. The van der Waals surface area contributed by atoms with Crippen LogP contribution in [0, 0.1) is 0 Å². The Bertz CT molecular complexity index is 645. The van der Waals surface area contributed by atoms with Crippen molar-refractivity contribution in [3.63, 3.8) is 0 Å². The van der Waals surface area contributed by atoms with Gasteiger partial charge < -0.3 is 10.4 Å². The summed E-state index contributed by atoms with van der Waals surface area (Å²) in [5, 5.41) is 12.2. The molecule has 0 radical (unpaired) electrons. The molecule has 5 heteroatoms. The van der Waals surface area contributed by atoms with E-state index in [2.05, 4.69) is 16.2 Å². The highest BCUT2D eigenvalue weighted by molar-refractivity contribution is 5.95. The summed E-state index contributed by atoms with van der Waals surface area (Å²) < 4.78 is 0. The Morgan fingerprint density at radius 3 is 2.77 bits per heavy atom. The highest BCUT2D eigenvalue weighted by Crippen LogP contribution is 2.24. The molecule has 2 aromatic carbocycles. The van der Waals surface area contributed by atoms with Gasteiger partial charge in [0, 0.05) is 18.2 Å². The number of nitrogens with one attached hydrogen (secondary N) is 3. The van der Waals surface area contributed by atoms with Crippen LogP contribution in [0.5, 0.6) is 0 Å². The van der Waals surface area contributed by atoms with Crippen LogP contribution < -0.4 is 16.2 Å². The Hall–Kier alpha value is -2.21. The minimum atomic E-state index is -0.353. The summed E-state index contributed by atoms with van der Waals surface area (Å²) in [6.07, 6.45) is 0. The maximum Gasteiger partial charge on any atom is 0.243 e. The van der Waals surface area contributed by atoms with Crippen LogP contribution in [0.2, 0.25) is 0 Å². The van der Waals surface area contributed by atoms with Gasteiger partial charge in [-0.15, -0.1) is 0 Å². The average molecular weight is 297 g/mol. The lowest BCUT2D eigenvalue weighted by Crippen LogP contribution is -2.41. The Labute approximate surface area is 129 Å². The number of hydrazine groups is 1. The molecular formula is C17H19N3O2. The van der Waals surface area contributed by atoms with Gasteiger partial charge in [-0.05, 0) is 23.3 Å². The largest absolute Gasteiger partial charge is 0.392 e. The quantitative estimate of drug-likeness (QED) is 0.688. The fraction of sp³-hybridized carbons (Fsp3) is 0.235. The molecule has 1 fully saturated rings. The second-order valence-corrected chi connectivity index (χ2v) is 5.37. The number of amides is 1. The minimum absolute atomic E-state index is 0.00228. The number of benzene rings is 2. The summed E-state index contributed by atoms with van der Waals surface area (Å²) in [6, 6.07) is 16.8. The molecule has 0 aliphatic carbocycles. The zero-order valence-electron chi connectivity index (χ0n) is 12.1. The van der Waals surface area contributed by atoms with E-state index in [1.54, 1.807) is 0 Å². The highest BCUT2D eigenvalue weighted by Gasteiger charge is 2.33. The van der Waals surface area contributed by atoms with E-state index in [-0.39, 0.29) is 24.5 Å². The molecule has 22 heavy (non-hydrogen) atoms. The van der Waals surface area contributed by atoms with Crippen molar-refractivity contribution in [3.05, 3.63) is 65.7 Å². The van der Waals surface area contributed by atoms with Crippen LogP contribution in [0.15, 0.2) is 54.6 Å². The first kappa shape index (κ1) is 14.7. The van der Waals surface area contributed by atoms with Crippen molar-refractivity contribution in [2.45, 2.75) is 18.6 Å². The Morgan fingerprint density at radius 2 is 2.00 bits per heavy atom. The van der Waals surface area contributed by atoms with Gasteiger partial charge in [-0.1, -0.05) is 42.5 Å². The Kier molecular flexibility index (Phi) is 4.48. The van der Waals surface area contributed by atoms with E-state index >= 15 is 0 Å². The first-order valence-electron chi connectivity index (χ1n) is 7.32. The van der Waals surface area contributed by atoms with E-state index in [9.17, 15) is 9.90 Å². The van der Waals surface area contributed by atoms with Gasteiger partial charge in [-0.2, -0.15) is 0 Å². The monoisotopic (exact) mass is 297 g/mol. The number of aliphatic hydroxyl groups excluding tert-OH is 1. The van der Waals surface area contributed by atoms with Crippen LogP contribution in [0.1, 0.15) is 17.0 Å². The van der Waals surface area contributed by atoms with Gasteiger partial charge in [0.1, 0.15) is 6.04 Å². The number of carbonyl (C=O) groups excluding carboxylic acids is 1. The molecule has 2 atom stereocenters. The topological polar surface area (TPSA) is 73.4 Å². The van der Waals surface area contributed by atoms with Crippen LogP contribution in [0.4, 0.5) is 5.69 Å². The van der Waals surface area contributed by atoms with E-state index < -0.39 is 0 Å². The molecule has 5 nitrogen and oxygen atoms in total. The van der Waals surface area contributed by atoms with E-state index in [0.717, 1.165) is 16.8 Å². The lowest BCUT2D eigenvalue weighted by atomic mass is 9.91.